The number of rotatable bonds is 4. The Labute approximate surface area is 89.7 Å². The van der Waals surface area contributed by atoms with Gasteiger partial charge in [0.2, 0.25) is 0 Å². The zero-order valence-corrected chi connectivity index (χ0v) is 8.95. The highest BCUT2D eigenvalue weighted by atomic mass is 32.2. The van der Waals surface area contributed by atoms with Crippen molar-refractivity contribution in [3.8, 4) is 0 Å². The van der Waals surface area contributed by atoms with Crippen LogP contribution in [0, 0.1) is 0 Å². The van der Waals surface area contributed by atoms with Gasteiger partial charge >= 0.3 is 11.7 Å². The van der Waals surface area contributed by atoms with Crippen molar-refractivity contribution in [2.75, 3.05) is 0 Å². The number of thioether (sulfide) groups is 1. The van der Waals surface area contributed by atoms with Crippen molar-refractivity contribution in [1.82, 2.24) is 14.8 Å². The average molecular weight is 229 g/mol. The molecule has 0 aromatic carbocycles. The SMILES string of the molecule is CC(Sc1n[nH]c(=O)n1C1CC1)C(=O)O. The van der Waals surface area contributed by atoms with Gasteiger partial charge in [-0.3, -0.25) is 9.36 Å². The first kappa shape index (κ1) is 10.3. The molecule has 1 atom stereocenters. The third kappa shape index (κ3) is 2.06. The summed E-state index contributed by atoms with van der Waals surface area (Å²) in [5, 5.41) is 14.8. The highest BCUT2D eigenvalue weighted by Crippen LogP contribution is 2.36. The molecule has 1 fully saturated rings. The largest absolute Gasteiger partial charge is 0.480 e. The molecule has 1 aliphatic rings. The van der Waals surface area contributed by atoms with Crippen LogP contribution in [0.5, 0.6) is 0 Å². The van der Waals surface area contributed by atoms with E-state index < -0.39 is 11.2 Å². The van der Waals surface area contributed by atoms with E-state index in [9.17, 15) is 9.59 Å². The van der Waals surface area contributed by atoms with E-state index in [1.54, 1.807) is 11.5 Å². The van der Waals surface area contributed by atoms with Crippen LogP contribution in [0.25, 0.3) is 0 Å². The van der Waals surface area contributed by atoms with Gasteiger partial charge in [-0.05, 0) is 19.8 Å². The van der Waals surface area contributed by atoms with E-state index in [0.717, 1.165) is 24.6 Å². The third-order valence-electron chi connectivity index (χ3n) is 2.21. The van der Waals surface area contributed by atoms with Crippen LogP contribution in [0.4, 0.5) is 0 Å². The molecule has 6 nitrogen and oxygen atoms in total. The second-order valence-electron chi connectivity index (χ2n) is 3.51. The Bertz CT molecular complexity index is 435. The Balaban J connectivity index is 2.21. The highest BCUT2D eigenvalue weighted by molar-refractivity contribution is 8.00. The molecule has 1 saturated carbocycles. The maximum absolute atomic E-state index is 11.4. The second kappa shape index (κ2) is 3.73. The lowest BCUT2D eigenvalue weighted by molar-refractivity contribution is -0.136. The molecule has 0 amide bonds. The second-order valence-corrected chi connectivity index (χ2v) is 4.82. The molecule has 0 spiro atoms. The minimum absolute atomic E-state index is 0.208. The third-order valence-corrected chi connectivity index (χ3v) is 3.27. The topological polar surface area (TPSA) is 88.0 Å². The van der Waals surface area contributed by atoms with Crippen LogP contribution in [-0.2, 0) is 4.79 Å². The summed E-state index contributed by atoms with van der Waals surface area (Å²) in [7, 11) is 0. The van der Waals surface area contributed by atoms with Crippen molar-refractivity contribution < 1.29 is 9.90 Å². The highest BCUT2D eigenvalue weighted by Gasteiger charge is 2.29. The van der Waals surface area contributed by atoms with Crippen LogP contribution < -0.4 is 5.69 Å². The average Bonchev–Trinajstić information content (AvgIpc) is 2.93. The standard InChI is InChI=1S/C8H11N3O3S/c1-4(6(12)13)15-8-10-9-7(14)11(8)5-2-3-5/h4-5H,2-3H2,1H3,(H,9,14)(H,12,13). The summed E-state index contributed by atoms with van der Waals surface area (Å²) < 4.78 is 1.55. The van der Waals surface area contributed by atoms with Crippen LogP contribution in [0.1, 0.15) is 25.8 Å². The van der Waals surface area contributed by atoms with Gasteiger partial charge in [-0.2, -0.15) is 0 Å². The number of hydrogen-bond acceptors (Lipinski definition) is 4. The number of H-pyrrole nitrogens is 1. The summed E-state index contributed by atoms with van der Waals surface area (Å²) >= 11 is 1.09. The van der Waals surface area contributed by atoms with Gasteiger partial charge < -0.3 is 5.11 Å². The summed E-state index contributed by atoms with van der Waals surface area (Å²) in [6, 6.07) is 0.208. The predicted octanol–water partition coefficient (Wildman–Crippen LogP) is 0.471. The Morgan fingerprint density at radius 1 is 1.73 bits per heavy atom. The van der Waals surface area contributed by atoms with E-state index in [2.05, 4.69) is 10.2 Å². The molecule has 2 rings (SSSR count). The van der Waals surface area contributed by atoms with E-state index in [1.165, 1.54) is 0 Å². The number of carbonyl (C=O) groups is 1. The van der Waals surface area contributed by atoms with E-state index in [0.29, 0.717) is 5.16 Å². The van der Waals surface area contributed by atoms with Crippen LogP contribution in [0.2, 0.25) is 0 Å². The molecule has 1 heterocycles. The minimum atomic E-state index is -0.905. The number of aromatic nitrogens is 3. The lowest BCUT2D eigenvalue weighted by Crippen LogP contribution is -2.18. The summed E-state index contributed by atoms with van der Waals surface area (Å²) in [4.78, 5) is 22.0. The number of nitrogens with zero attached hydrogens (tertiary/aromatic N) is 2. The molecule has 1 unspecified atom stereocenters. The van der Waals surface area contributed by atoms with Crippen molar-refractivity contribution in [1.29, 1.82) is 0 Å². The van der Waals surface area contributed by atoms with Crippen LogP contribution in [0.15, 0.2) is 9.95 Å². The van der Waals surface area contributed by atoms with Gasteiger partial charge in [-0.1, -0.05) is 11.8 Å². The molecule has 1 aromatic heterocycles. The van der Waals surface area contributed by atoms with Gasteiger partial charge in [0.05, 0.1) is 0 Å². The molecular weight excluding hydrogens is 218 g/mol. The fourth-order valence-corrected chi connectivity index (χ4v) is 2.10. The number of aromatic amines is 1. The molecule has 7 heteroatoms. The molecule has 0 bridgehead atoms. The van der Waals surface area contributed by atoms with Crippen molar-refractivity contribution >= 4 is 17.7 Å². The number of hydrogen-bond donors (Lipinski definition) is 2. The Kier molecular flexibility index (Phi) is 2.56. The molecule has 1 aliphatic carbocycles. The molecule has 15 heavy (non-hydrogen) atoms. The molecule has 0 aliphatic heterocycles. The summed E-state index contributed by atoms with van der Waals surface area (Å²) in [5.41, 5.74) is -0.252. The molecular formula is C8H11N3O3S. The normalized spacial score (nSPS) is 17.7. The van der Waals surface area contributed by atoms with Gasteiger partial charge in [-0.15, -0.1) is 5.10 Å². The van der Waals surface area contributed by atoms with E-state index in [4.69, 9.17) is 5.11 Å². The van der Waals surface area contributed by atoms with Crippen LogP contribution in [0.3, 0.4) is 0 Å². The molecule has 0 radical (unpaired) electrons. The van der Waals surface area contributed by atoms with Gasteiger partial charge in [0.25, 0.3) is 0 Å². The van der Waals surface area contributed by atoms with Crippen molar-refractivity contribution in [3.05, 3.63) is 10.5 Å². The van der Waals surface area contributed by atoms with Gasteiger partial charge in [0.1, 0.15) is 5.25 Å². The molecule has 82 valence electrons. The van der Waals surface area contributed by atoms with E-state index in [1.807, 2.05) is 0 Å². The van der Waals surface area contributed by atoms with Gasteiger partial charge in [0, 0.05) is 6.04 Å². The van der Waals surface area contributed by atoms with E-state index >= 15 is 0 Å². The molecule has 0 saturated heterocycles. The van der Waals surface area contributed by atoms with Crippen LogP contribution >= 0.6 is 11.8 Å². The van der Waals surface area contributed by atoms with Gasteiger partial charge in [0.15, 0.2) is 5.16 Å². The fourth-order valence-electron chi connectivity index (χ4n) is 1.24. The minimum Gasteiger partial charge on any atom is -0.480 e. The number of aliphatic carboxylic acids is 1. The first-order valence-corrected chi connectivity index (χ1v) is 5.54. The Morgan fingerprint density at radius 2 is 2.40 bits per heavy atom. The zero-order chi connectivity index (χ0) is 11.0. The first-order valence-electron chi connectivity index (χ1n) is 4.66. The fraction of sp³-hybridized carbons (Fsp3) is 0.625. The summed E-state index contributed by atoms with van der Waals surface area (Å²) in [6.45, 7) is 1.57. The number of carboxylic acid groups (broad SMARTS) is 1. The molecule has 2 N–H and O–H groups in total. The lowest BCUT2D eigenvalue weighted by Gasteiger charge is -2.05. The first-order chi connectivity index (χ1) is 7.09. The van der Waals surface area contributed by atoms with Crippen molar-refractivity contribution in [2.45, 2.75) is 36.2 Å². The molecule has 1 aromatic rings. The smallest absolute Gasteiger partial charge is 0.344 e. The maximum Gasteiger partial charge on any atom is 0.344 e. The summed E-state index contributed by atoms with van der Waals surface area (Å²) in [6.07, 6.45) is 1.93. The summed E-state index contributed by atoms with van der Waals surface area (Å²) in [5.74, 6) is -0.905. The van der Waals surface area contributed by atoms with Crippen molar-refractivity contribution in [3.63, 3.8) is 0 Å². The van der Waals surface area contributed by atoms with E-state index in [-0.39, 0.29) is 11.7 Å². The van der Waals surface area contributed by atoms with Crippen LogP contribution in [-0.4, -0.2) is 31.1 Å². The maximum atomic E-state index is 11.4. The zero-order valence-electron chi connectivity index (χ0n) is 8.14. The van der Waals surface area contributed by atoms with Gasteiger partial charge in [-0.25, -0.2) is 9.89 Å². The Hall–Kier alpha value is -1.24. The predicted molar refractivity (Wildman–Crippen MR) is 54.1 cm³/mol. The number of carboxylic acids is 1. The van der Waals surface area contributed by atoms with Crippen molar-refractivity contribution in [2.24, 2.45) is 0 Å². The quantitative estimate of drug-likeness (QED) is 0.733. The Morgan fingerprint density at radius 3 is 2.93 bits per heavy atom. The lowest BCUT2D eigenvalue weighted by atomic mass is 10.5. The number of nitrogens with one attached hydrogen (secondary N) is 1. The monoisotopic (exact) mass is 229 g/mol.